The first-order valence-corrected chi connectivity index (χ1v) is 5.69. The number of aliphatic carboxylic acids is 1. The Morgan fingerprint density at radius 2 is 2.22 bits per heavy atom. The van der Waals surface area contributed by atoms with E-state index in [1.54, 1.807) is 0 Å². The topological polar surface area (TPSA) is 89.9 Å². The number of fused-ring (bicyclic) bond motifs is 2. The Bertz CT molecular complexity index is 440. The summed E-state index contributed by atoms with van der Waals surface area (Å²) < 4.78 is 10.1. The van der Waals surface area contributed by atoms with Gasteiger partial charge in [-0.25, -0.2) is 9.59 Å². The second kappa shape index (κ2) is 4.12. The zero-order valence-corrected chi connectivity index (χ0v) is 9.97. The number of rotatable bonds is 3. The molecule has 1 aliphatic heterocycles. The SMILES string of the molecule is C=C(C)C(=O)OC1(C(=O)O)CCC2CC1OC2=O. The van der Waals surface area contributed by atoms with Gasteiger partial charge in [0.05, 0.1) is 5.92 Å². The van der Waals surface area contributed by atoms with Gasteiger partial charge in [-0.15, -0.1) is 0 Å². The Hall–Kier alpha value is -1.85. The molecule has 0 amide bonds. The number of hydrogen-bond acceptors (Lipinski definition) is 5. The van der Waals surface area contributed by atoms with Crippen LogP contribution < -0.4 is 0 Å². The van der Waals surface area contributed by atoms with Crippen LogP contribution >= 0.6 is 0 Å². The lowest BCUT2D eigenvalue weighted by Crippen LogP contribution is -2.54. The number of carboxylic acids is 1. The predicted octanol–water partition coefficient (Wildman–Crippen LogP) is 0.655. The molecule has 0 aromatic carbocycles. The maximum atomic E-state index is 11.6. The van der Waals surface area contributed by atoms with E-state index in [9.17, 15) is 19.5 Å². The molecule has 3 atom stereocenters. The molecular weight excluding hydrogens is 240 g/mol. The van der Waals surface area contributed by atoms with E-state index >= 15 is 0 Å². The van der Waals surface area contributed by atoms with Crippen LogP contribution in [0.15, 0.2) is 12.2 Å². The van der Waals surface area contributed by atoms with Gasteiger partial charge in [-0.3, -0.25) is 4.79 Å². The van der Waals surface area contributed by atoms with E-state index in [0.717, 1.165) is 0 Å². The van der Waals surface area contributed by atoms with Gasteiger partial charge in [-0.05, 0) is 13.3 Å². The summed E-state index contributed by atoms with van der Waals surface area (Å²) in [5.41, 5.74) is -1.65. The van der Waals surface area contributed by atoms with E-state index in [1.807, 2.05) is 0 Å². The third-order valence-electron chi connectivity index (χ3n) is 3.46. The fraction of sp³-hybridized carbons (Fsp3) is 0.583. The van der Waals surface area contributed by atoms with Gasteiger partial charge >= 0.3 is 17.9 Å². The Morgan fingerprint density at radius 3 is 2.78 bits per heavy atom. The second-order valence-electron chi connectivity index (χ2n) is 4.76. The average molecular weight is 254 g/mol. The van der Waals surface area contributed by atoms with Crippen LogP contribution in [0.1, 0.15) is 26.2 Å². The number of carbonyl (C=O) groups excluding carboxylic acids is 2. The van der Waals surface area contributed by atoms with Crippen molar-refractivity contribution in [2.75, 3.05) is 0 Å². The van der Waals surface area contributed by atoms with Crippen LogP contribution in [-0.4, -0.2) is 34.7 Å². The van der Waals surface area contributed by atoms with Gasteiger partial charge in [0.1, 0.15) is 0 Å². The molecule has 0 spiro atoms. The summed E-state index contributed by atoms with van der Waals surface area (Å²) in [7, 11) is 0. The molecule has 98 valence electrons. The number of carbonyl (C=O) groups is 3. The van der Waals surface area contributed by atoms with Crippen molar-refractivity contribution in [3.05, 3.63) is 12.2 Å². The molecule has 3 unspecified atom stereocenters. The number of esters is 2. The molecule has 18 heavy (non-hydrogen) atoms. The van der Waals surface area contributed by atoms with Gasteiger partial charge in [0.15, 0.2) is 6.10 Å². The van der Waals surface area contributed by atoms with Gasteiger partial charge in [0.2, 0.25) is 5.60 Å². The molecular formula is C12H14O6. The van der Waals surface area contributed by atoms with Crippen molar-refractivity contribution in [1.29, 1.82) is 0 Å². The Kier molecular flexibility index (Phi) is 2.88. The van der Waals surface area contributed by atoms with Gasteiger partial charge in [0, 0.05) is 18.4 Å². The molecule has 1 saturated heterocycles. The molecule has 1 aliphatic carbocycles. The molecule has 6 heteroatoms. The highest BCUT2D eigenvalue weighted by Crippen LogP contribution is 2.43. The summed E-state index contributed by atoms with van der Waals surface area (Å²) in [6.07, 6.45) is -0.174. The normalized spacial score (nSPS) is 33.7. The highest BCUT2D eigenvalue weighted by atomic mass is 16.6. The third-order valence-corrected chi connectivity index (χ3v) is 3.46. The first-order valence-electron chi connectivity index (χ1n) is 5.69. The lowest BCUT2D eigenvalue weighted by atomic mass is 9.78. The lowest BCUT2D eigenvalue weighted by molar-refractivity contribution is -0.194. The average Bonchev–Trinajstić information content (AvgIpc) is 2.60. The summed E-state index contributed by atoms with van der Waals surface area (Å²) >= 11 is 0. The van der Waals surface area contributed by atoms with Crippen molar-refractivity contribution in [3.8, 4) is 0 Å². The molecule has 1 N–H and O–H groups in total. The van der Waals surface area contributed by atoms with Crippen molar-refractivity contribution < 1.29 is 29.0 Å². The summed E-state index contributed by atoms with van der Waals surface area (Å²) in [5.74, 6) is -2.74. The summed E-state index contributed by atoms with van der Waals surface area (Å²) in [6.45, 7) is 4.85. The van der Waals surface area contributed by atoms with E-state index in [0.29, 0.717) is 6.42 Å². The van der Waals surface area contributed by atoms with E-state index in [4.69, 9.17) is 9.47 Å². The molecule has 2 fully saturated rings. The molecule has 1 heterocycles. The zero-order valence-electron chi connectivity index (χ0n) is 9.97. The van der Waals surface area contributed by atoms with Crippen molar-refractivity contribution in [1.82, 2.24) is 0 Å². The van der Waals surface area contributed by atoms with E-state index in [-0.39, 0.29) is 24.3 Å². The highest BCUT2D eigenvalue weighted by molar-refractivity contribution is 5.91. The Labute approximate surface area is 104 Å². The molecule has 0 aromatic rings. The van der Waals surface area contributed by atoms with Crippen LogP contribution in [-0.2, 0) is 23.9 Å². The quantitative estimate of drug-likeness (QED) is 0.587. The molecule has 2 bridgehead atoms. The van der Waals surface area contributed by atoms with Crippen LogP contribution in [0, 0.1) is 5.92 Å². The van der Waals surface area contributed by atoms with E-state index < -0.39 is 29.6 Å². The first kappa shape index (κ1) is 12.6. The predicted molar refractivity (Wildman–Crippen MR) is 58.5 cm³/mol. The van der Waals surface area contributed by atoms with Crippen molar-refractivity contribution >= 4 is 17.9 Å². The highest BCUT2D eigenvalue weighted by Gasteiger charge is 2.60. The molecule has 2 rings (SSSR count). The van der Waals surface area contributed by atoms with Crippen molar-refractivity contribution in [3.63, 3.8) is 0 Å². The number of hydrogen-bond donors (Lipinski definition) is 1. The van der Waals surface area contributed by atoms with E-state index in [2.05, 4.69) is 6.58 Å². The van der Waals surface area contributed by atoms with Crippen LogP contribution in [0.4, 0.5) is 0 Å². The van der Waals surface area contributed by atoms with Gasteiger partial charge in [-0.1, -0.05) is 6.58 Å². The monoisotopic (exact) mass is 254 g/mol. The second-order valence-corrected chi connectivity index (χ2v) is 4.76. The zero-order chi connectivity index (χ0) is 13.5. The minimum atomic E-state index is -1.77. The number of carboxylic acid groups (broad SMARTS) is 1. The van der Waals surface area contributed by atoms with Crippen molar-refractivity contribution in [2.45, 2.75) is 37.9 Å². The van der Waals surface area contributed by atoms with Gasteiger partial charge in [-0.2, -0.15) is 0 Å². The Balaban J connectivity index is 2.28. The molecule has 1 saturated carbocycles. The largest absolute Gasteiger partial charge is 0.478 e. The molecule has 2 aliphatic rings. The van der Waals surface area contributed by atoms with Crippen LogP contribution in [0.2, 0.25) is 0 Å². The fourth-order valence-corrected chi connectivity index (χ4v) is 2.37. The number of ether oxygens (including phenoxy) is 2. The fourth-order valence-electron chi connectivity index (χ4n) is 2.37. The van der Waals surface area contributed by atoms with Crippen LogP contribution in [0.5, 0.6) is 0 Å². The third kappa shape index (κ3) is 1.77. The Morgan fingerprint density at radius 1 is 1.56 bits per heavy atom. The first-order chi connectivity index (χ1) is 8.36. The summed E-state index contributed by atoms with van der Waals surface area (Å²) in [4.78, 5) is 34.4. The minimum absolute atomic E-state index is 0.0857. The van der Waals surface area contributed by atoms with Gasteiger partial charge in [0.25, 0.3) is 0 Å². The smallest absolute Gasteiger partial charge is 0.352 e. The maximum Gasteiger partial charge on any atom is 0.352 e. The van der Waals surface area contributed by atoms with Crippen molar-refractivity contribution in [2.24, 2.45) is 5.92 Å². The summed E-state index contributed by atoms with van der Waals surface area (Å²) in [6, 6.07) is 0. The lowest BCUT2D eigenvalue weighted by Gasteiger charge is -2.35. The maximum absolute atomic E-state index is 11.6. The van der Waals surface area contributed by atoms with Crippen LogP contribution in [0.25, 0.3) is 0 Å². The molecule has 6 nitrogen and oxygen atoms in total. The minimum Gasteiger partial charge on any atom is -0.478 e. The molecule has 0 radical (unpaired) electrons. The standard InChI is InChI=1S/C12H14O6/c1-6(2)9(13)18-12(11(15)16)4-3-7-5-8(12)17-10(7)14/h7-8H,1,3-5H2,2H3,(H,15,16). The summed E-state index contributed by atoms with van der Waals surface area (Å²) in [5, 5.41) is 9.33. The van der Waals surface area contributed by atoms with Crippen LogP contribution in [0.3, 0.4) is 0 Å². The van der Waals surface area contributed by atoms with E-state index in [1.165, 1.54) is 6.92 Å². The molecule has 0 aromatic heterocycles. The van der Waals surface area contributed by atoms with Gasteiger partial charge < -0.3 is 14.6 Å².